The number of benzene rings is 2. The van der Waals surface area contributed by atoms with Crippen LogP contribution in [0.1, 0.15) is 21.5 Å². The van der Waals surface area contributed by atoms with Gasteiger partial charge in [-0.3, -0.25) is 0 Å². The Morgan fingerprint density at radius 2 is 1.70 bits per heavy atom. The van der Waals surface area contributed by atoms with E-state index in [1.54, 1.807) is 14.2 Å². The Balaban J connectivity index is 2.18. The largest absolute Gasteiger partial charge is 0.496 e. The Morgan fingerprint density at radius 3 is 2.35 bits per heavy atom. The van der Waals surface area contributed by atoms with Crippen LogP contribution in [-0.4, -0.2) is 20.8 Å². The first-order valence-electron chi connectivity index (χ1n) is 6.61. The highest BCUT2D eigenvalue weighted by molar-refractivity contribution is 9.09. The fourth-order valence-electron chi connectivity index (χ4n) is 2.13. The first-order chi connectivity index (χ1) is 9.76. The molecular formula is C17H19BrO2. The lowest BCUT2D eigenvalue weighted by Gasteiger charge is -2.15. The monoisotopic (exact) mass is 334 g/mol. The molecule has 0 aromatic heterocycles. The third-order valence-corrected chi connectivity index (χ3v) is 4.30. The normalized spacial score (nSPS) is 12.2. The number of ether oxygens (including phenoxy) is 2. The van der Waals surface area contributed by atoms with Gasteiger partial charge in [0.05, 0.1) is 18.5 Å². The average Bonchev–Trinajstić information content (AvgIpc) is 2.52. The summed E-state index contributed by atoms with van der Waals surface area (Å²) in [5, 5.41) is 0. The van der Waals surface area contributed by atoms with Crippen LogP contribution < -0.4 is 4.74 Å². The minimum Gasteiger partial charge on any atom is -0.496 e. The predicted molar refractivity (Wildman–Crippen MR) is 85.8 cm³/mol. The van der Waals surface area contributed by atoms with Gasteiger partial charge in [0.2, 0.25) is 0 Å². The van der Waals surface area contributed by atoms with Gasteiger partial charge < -0.3 is 9.47 Å². The van der Waals surface area contributed by atoms with Gasteiger partial charge in [0, 0.05) is 12.7 Å². The van der Waals surface area contributed by atoms with Crippen LogP contribution in [0.25, 0.3) is 0 Å². The molecule has 2 rings (SSSR count). The fourth-order valence-corrected chi connectivity index (χ4v) is 2.81. The van der Waals surface area contributed by atoms with Crippen molar-refractivity contribution < 1.29 is 9.47 Å². The summed E-state index contributed by atoms with van der Waals surface area (Å²) < 4.78 is 10.5. The zero-order chi connectivity index (χ0) is 14.4. The van der Waals surface area contributed by atoms with Gasteiger partial charge in [-0.1, -0.05) is 58.4 Å². The van der Waals surface area contributed by atoms with E-state index in [0.717, 1.165) is 24.3 Å². The van der Waals surface area contributed by atoms with Crippen LogP contribution in [0.3, 0.4) is 0 Å². The molecule has 2 aromatic rings. The molecule has 1 unspecified atom stereocenters. The van der Waals surface area contributed by atoms with E-state index in [4.69, 9.17) is 9.47 Å². The lowest BCUT2D eigenvalue weighted by atomic mass is 10.0. The predicted octanol–water partition coefficient (Wildman–Crippen LogP) is 4.37. The molecule has 0 fully saturated rings. The van der Waals surface area contributed by atoms with Gasteiger partial charge in [-0.2, -0.15) is 0 Å². The third-order valence-electron chi connectivity index (χ3n) is 3.28. The molecule has 0 aliphatic carbocycles. The number of rotatable bonds is 6. The minimum absolute atomic E-state index is 0.134. The first-order valence-corrected chi connectivity index (χ1v) is 7.52. The number of para-hydroxylation sites is 1. The van der Waals surface area contributed by atoms with E-state index in [0.29, 0.717) is 0 Å². The zero-order valence-electron chi connectivity index (χ0n) is 11.8. The Kier molecular flexibility index (Phi) is 5.62. The zero-order valence-corrected chi connectivity index (χ0v) is 13.4. The van der Waals surface area contributed by atoms with E-state index in [1.807, 2.05) is 18.2 Å². The smallest absolute Gasteiger partial charge is 0.123 e. The number of hydrogen-bond acceptors (Lipinski definition) is 2. The minimum atomic E-state index is 0.134. The molecule has 0 heterocycles. The molecule has 2 nitrogen and oxygen atoms in total. The Labute approximate surface area is 128 Å². The second-order valence-electron chi connectivity index (χ2n) is 4.59. The molecule has 0 N–H and O–H groups in total. The van der Waals surface area contributed by atoms with Crippen molar-refractivity contribution in [2.75, 3.05) is 20.8 Å². The maximum Gasteiger partial charge on any atom is 0.123 e. The second-order valence-corrected chi connectivity index (χ2v) is 5.50. The van der Waals surface area contributed by atoms with Crippen LogP contribution in [0.4, 0.5) is 0 Å². The Hall–Kier alpha value is -1.32. The number of hydrogen-bond donors (Lipinski definition) is 0. The van der Waals surface area contributed by atoms with Crippen molar-refractivity contribution in [2.24, 2.45) is 0 Å². The molecule has 0 amide bonds. The number of halogens is 1. The molecule has 0 radical (unpaired) electrons. The molecule has 0 aliphatic rings. The van der Waals surface area contributed by atoms with Crippen LogP contribution in [0.2, 0.25) is 0 Å². The summed E-state index contributed by atoms with van der Waals surface area (Å²) in [6, 6.07) is 16.7. The first kappa shape index (κ1) is 15.1. The van der Waals surface area contributed by atoms with Crippen LogP contribution >= 0.6 is 15.9 Å². The van der Waals surface area contributed by atoms with Gasteiger partial charge in [-0.25, -0.2) is 0 Å². The van der Waals surface area contributed by atoms with Crippen molar-refractivity contribution in [3.05, 3.63) is 65.2 Å². The lowest BCUT2D eigenvalue weighted by molar-refractivity contribution is 0.202. The average molecular weight is 335 g/mol. The molecule has 3 heteroatoms. The molecule has 20 heavy (non-hydrogen) atoms. The summed E-state index contributed by atoms with van der Waals surface area (Å²) in [5.74, 6) is 0.901. The molecule has 1 atom stereocenters. The van der Waals surface area contributed by atoms with E-state index in [9.17, 15) is 0 Å². The van der Waals surface area contributed by atoms with Gasteiger partial charge in [0.25, 0.3) is 0 Å². The Morgan fingerprint density at radius 1 is 1.00 bits per heavy atom. The van der Waals surface area contributed by atoms with E-state index >= 15 is 0 Å². The van der Waals surface area contributed by atoms with Gasteiger partial charge in [-0.05, 0) is 23.6 Å². The van der Waals surface area contributed by atoms with Gasteiger partial charge in [0.1, 0.15) is 5.75 Å². The van der Waals surface area contributed by atoms with Crippen LogP contribution in [-0.2, 0) is 11.2 Å². The SMILES string of the molecule is COCCc1ccc(C(Br)c2ccccc2OC)cc1. The molecule has 0 bridgehead atoms. The third kappa shape index (κ3) is 3.62. The molecule has 0 saturated carbocycles. The quantitative estimate of drug-likeness (QED) is 0.730. The summed E-state index contributed by atoms with van der Waals surface area (Å²) in [5.41, 5.74) is 3.64. The maximum atomic E-state index is 5.42. The topological polar surface area (TPSA) is 18.5 Å². The van der Waals surface area contributed by atoms with E-state index < -0.39 is 0 Å². The highest BCUT2D eigenvalue weighted by Crippen LogP contribution is 2.36. The molecule has 106 valence electrons. The standard InChI is InChI=1S/C17H19BrO2/c1-19-12-11-13-7-9-14(10-8-13)17(18)15-5-3-4-6-16(15)20-2/h3-10,17H,11-12H2,1-2H3. The van der Waals surface area contributed by atoms with E-state index in [2.05, 4.69) is 46.3 Å². The van der Waals surface area contributed by atoms with Crippen LogP contribution in [0.15, 0.2) is 48.5 Å². The van der Waals surface area contributed by atoms with Crippen molar-refractivity contribution >= 4 is 15.9 Å². The lowest BCUT2D eigenvalue weighted by Crippen LogP contribution is -1.98. The van der Waals surface area contributed by atoms with E-state index in [-0.39, 0.29) is 4.83 Å². The summed E-state index contributed by atoms with van der Waals surface area (Å²) in [7, 11) is 3.43. The molecule has 0 aliphatic heterocycles. The maximum absolute atomic E-state index is 5.42. The van der Waals surface area contributed by atoms with Gasteiger partial charge in [0.15, 0.2) is 0 Å². The molecule has 0 spiro atoms. The molecule has 0 saturated heterocycles. The van der Waals surface area contributed by atoms with Crippen molar-refractivity contribution in [1.29, 1.82) is 0 Å². The highest BCUT2D eigenvalue weighted by atomic mass is 79.9. The highest BCUT2D eigenvalue weighted by Gasteiger charge is 2.14. The fraction of sp³-hybridized carbons (Fsp3) is 0.294. The van der Waals surface area contributed by atoms with Crippen molar-refractivity contribution in [3.8, 4) is 5.75 Å². The molecule has 2 aromatic carbocycles. The summed E-state index contributed by atoms with van der Waals surface area (Å²) >= 11 is 3.76. The van der Waals surface area contributed by atoms with Crippen molar-refractivity contribution in [1.82, 2.24) is 0 Å². The summed E-state index contributed by atoms with van der Waals surface area (Å²) in [4.78, 5) is 0.134. The summed E-state index contributed by atoms with van der Waals surface area (Å²) in [6.45, 7) is 0.754. The van der Waals surface area contributed by atoms with Crippen molar-refractivity contribution in [3.63, 3.8) is 0 Å². The van der Waals surface area contributed by atoms with Gasteiger partial charge >= 0.3 is 0 Å². The number of alkyl halides is 1. The van der Waals surface area contributed by atoms with Crippen LogP contribution in [0, 0.1) is 0 Å². The van der Waals surface area contributed by atoms with Gasteiger partial charge in [-0.15, -0.1) is 0 Å². The summed E-state index contributed by atoms with van der Waals surface area (Å²) in [6.07, 6.45) is 0.943. The molecular weight excluding hydrogens is 316 g/mol. The second kappa shape index (κ2) is 7.46. The van der Waals surface area contributed by atoms with Crippen LogP contribution in [0.5, 0.6) is 5.75 Å². The van der Waals surface area contributed by atoms with Crippen molar-refractivity contribution in [2.45, 2.75) is 11.2 Å². The number of methoxy groups -OCH3 is 2. The Bertz CT molecular complexity index is 537. The van der Waals surface area contributed by atoms with E-state index in [1.165, 1.54) is 11.1 Å².